The molecule has 0 aliphatic carbocycles. The lowest BCUT2D eigenvalue weighted by molar-refractivity contribution is -0.160. The Bertz CT molecular complexity index is 166. The molecule has 0 aromatic heterocycles. The highest BCUT2D eigenvalue weighted by molar-refractivity contribution is 5.87. The van der Waals surface area contributed by atoms with Crippen molar-refractivity contribution in [2.75, 3.05) is 0 Å². The fourth-order valence-corrected chi connectivity index (χ4v) is 0.407. The van der Waals surface area contributed by atoms with Crippen molar-refractivity contribution in [3.05, 3.63) is 0 Å². The second-order valence-electron chi connectivity index (χ2n) is 2.18. The Morgan fingerprint density at radius 3 is 2.27 bits per heavy atom. The number of carbonyl (C=O) groups excluding carboxylic acids is 2. The summed E-state index contributed by atoms with van der Waals surface area (Å²) < 4.78 is 4.11. The average Bonchev–Trinajstić information content (AvgIpc) is 1.84. The lowest BCUT2D eigenvalue weighted by Gasteiger charge is -2.11. The molecule has 5 heteroatoms. The average molecular weight is 161 g/mol. The van der Waals surface area contributed by atoms with Crippen molar-refractivity contribution < 1.29 is 19.4 Å². The van der Waals surface area contributed by atoms with E-state index >= 15 is 0 Å². The summed E-state index contributed by atoms with van der Waals surface area (Å²) in [7, 11) is 0. The summed E-state index contributed by atoms with van der Waals surface area (Å²) in [6, 6.07) is -1.15. The van der Waals surface area contributed by atoms with Crippen LogP contribution in [-0.2, 0) is 14.3 Å². The lowest BCUT2D eigenvalue weighted by atomic mass is 10.2. The Labute approximate surface area is 64.1 Å². The molecule has 0 radical (unpaired) electrons. The Balaban J connectivity index is 3.93. The zero-order valence-corrected chi connectivity index (χ0v) is 6.40. The van der Waals surface area contributed by atoms with Crippen molar-refractivity contribution in [1.29, 1.82) is 0 Å². The van der Waals surface area contributed by atoms with Crippen molar-refractivity contribution in [2.45, 2.75) is 26.0 Å². The number of hydrogen-bond donors (Lipinski definition) is 2. The van der Waals surface area contributed by atoms with Gasteiger partial charge in [-0.1, -0.05) is 0 Å². The van der Waals surface area contributed by atoms with Crippen LogP contribution in [0.4, 0.5) is 0 Å². The van der Waals surface area contributed by atoms with E-state index in [1.54, 1.807) is 0 Å². The highest BCUT2D eigenvalue weighted by Gasteiger charge is 2.21. The number of aliphatic hydroxyl groups excluding tert-OH is 1. The van der Waals surface area contributed by atoms with Gasteiger partial charge < -0.3 is 15.6 Å². The first-order valence-corrected chi connectivity index (χ1v) is 3.11. The Morgan fingerprint density at radius 2 is 2.00 bits per heavy atom. The minimum absolute atomic E-state index is 0.730. The summed E-state index contributed by atoms with van der Waals surface area (Å²) in [6.07, 6.45) is -1.01. The van der Waals surface area contributed by atoms with Crippen molar-refractivity contribution in [3.63, 3.8) is 0 Å². The van der Waals surface area contributed by atoms with Crippen LogP contribution in [0, 0.1) is 0 Å². The number of carbonyl (C=O) groups is 2. The summed E-state index contributed by atoms with van der Waals surface area (Å²) in [5.41, 5.74) is 5.13. The molecule has 2 atom stereocenters. The zero-order valence-electron chi connectivity index (χ0n) is 6.40. The predicted octanol–water partition coefficient (Wildman–Crippen LogP) is -1.22. The van der Waals surface area contributed by atoms with Crippen molar-refractivity contribution >= 4 is 11.9 Å². The smallest absolute Gasteiger partial charge is 0.333 e. The quantitative estimate of drug-likeness (QED) is 0.391. The Kier molecular flexibility index (Phi) is 3.70. The van der Waals surface area contributed by atoms with Crippen LogP contribution in [0.1, 0.15) is 13.8 Å². The molecular weight excluding hydrogens is 150 g/mol. The number of rotatable bonds is 2. The molecule has 0 spiro atoms. The van der Waals surface area contributed by atoms with E-state index in [-0.39, 0.29) is 0 Å². The second-order valence-corrected chi connectivity index (χ2v) is 2.18. The van der Waals surface area contributed by atoms with Gasteiger partial charge in [-0.3, -0.25) is 4.79 Å². The molecule has 0 aromatic carbocycles. The molecule has 0 aromatic rings. The third kappa shape index (κ3) is 3.69. The van der Waals surface area contributed by atoms with Gasteiger partial charge in [0.15, 0.2) is 0 Å². The van der Waals surface area contributed by atoms with Gasteiger partial charge in [-0.05, 0) is 6.92 Å². The monoisotopic (exact) mass is 161 g/mol. The molecule has 3 N–H and O–H groups in total. The topological polar surface area (TPSA) is 89.6 Å². The fraction of sp³-hybridized carbons (Fsp3) is 0.667. The molecule has 0 heterocycles. The maximum absolute atomic E-state index is 10.7. The maximum atomic E-state index is 10.7. The van der Waals surface area contributed by atoms with Crippen LogP contribution in [0.25, 0.3) is 0 Å². The summed E-state index contributed by atoms with van der Waals surface area (Å²) in [4.78, 5) is 20.9. The zero-order chi connectivity index (χ0) is 9.02. The van der Waals surface area contributed by atoms with Gasteiger partial charge >= 0.3 is 11.9 Å². The van der Waals surface area contributed by atoms with Crippen LogP contribution >= 0.6 is 0 Å². The third-order valence-corrected chi connectivity index (χ3v) is 1.04. The third-order valence-electron chi connectivity index (χ3n) is 1.04. The van der Waals surface area contributed by atoms with Crippen molar-refractivity contribution in [3.8, 4) is 0 Å². The first-order chi connectivity index (χ1) is 4.95. The minimum Gasteiger partial charge on any atom is -0.392 e. The van der Waals surface area contributed by atoms with E-state index in [2.05, 4.69) is 4.74 Å². The number of ether oxygens (including phenoxy) is 1. The van der Waals surface area contributed by atoms with Gasteiger partial charge in [0.1, 0.15) is 6.04 Å². The van der Waals surface area contributed by atoms with Gasteiger partial charge in [-0.2, -0.15) is 0 Å². The lowest BCUT2D eigenvalue weighted by Crippen LogP contribution is -2.41. The first kappa shape index (κ1) is 10.1. The first-order valence-electron chi connectivity index (χ1n) is 3.11. The number of aliphatic hydroxyl groups is 1. The van der Waals surface area contributed by atoms with Crippen LogP contribution in [0.2, 0.25) is 0 Å². The number of esters is 2. The second kappa shape index (κ2) is 4.05. The molecule has 0 fully saturated rings. The van der Waals surface area contributed by atoms with E-state index in [1.165, 1.54) is 6.92 Å². The van der Waals surface area contributed by atoms with Crippen LogP contribution in [0.3, 0.4) is 0 Å². The van der Waals surface area contributed by atoms with Gasteiger partial charge in [-0.25, -0.2) is 4.79 Å². The van der Waals surface area contributed by atoms with E-state index in [0.717, 1.165) is 6.92 Å². The van der Waals surface area contributed by atoms with Crippen LogP contribution in [0.5, 0.6) is 0 Å². The standard InChI is InChI=1S/C6H11NO4/c1-3(8)5(7)6(10)11-4(2)9/h3,5,8H,7H2,1-2H3/t3-,5+/m1/s1. The Morgan fingerprint density at radius 1 is 1.55 bits per heavy atom. The van der Waals surface area contributed by atoms with E-state index in [0.29, 0.717) is 0 Å². The molecule has 64 valence electrons. The SMILES string of the molecule is CC(=O)OC(=O)[C@@H](N)[C@@H](C)O. The maximum Gasteiger partial charge on any atom is 0.333 e. The summed E-state index contributed by atoms with van der Waals surface area (Å²) in [6.45, 7) is 2.43. The largest absolute Gasteiger partial charge is 0.392 e. The van der Waals surface area contributed by atoms with Gasteiger partial charge in [0, 0.05) is 6.92 Å². The molecular formula is C6H11NO4. The number of hydrogen-bond acceptors (Lipinski definition) is 5. The molecule has 11 heavy (non-hydrogen) atoms. The predicted molar refractivity (Wildman–Crippen MR) is 36.4 cm³/mol. The van der Waals surface area contributed by atoms with E-state index in [9.17, 15) is 9.59 Å². The van der Waals surface area contributed by atoms with E-state index in [4.69, 9.17) is 10.8 Å². The highest BCUT2D eigenvalue weighted by atomic mass is 16.6. The van der Waals surface area contributed by atoms with Crippen molar-refractivity contribution in [1.82, 2.24) is 0 Å². The number of nitrogens with two attached hydrogens (primary N) is 1. The molecule has 0 aliphatic heterocycles. The summed E-state index contributed by atoms with van der Waals surface area (Å²) in [5, 5.41) is 8.77. The summed E-state index contributed by atoms with van der Waals surface area (Å²) >= 11 is 0. The Hall–Kier alpha value is -0.940. The molecule has 5 nitrogen and oxygen atoms in total. The molecule has 0 aliphatic rings. The van der Waals surface area contributed by atoms with E-state index in [1.807, 2.05) is 0 Å². The molecule has 0 amide bonds. The fourth-order valence-electron chi connectivity index (χ4n) is 0.407. The van der Waals surface area contributed by atoms with Crippen LogP contribution < -0.4 is 5.73 Å². The van der Waals surface area contributed by atoms with Gasteiger partial charge in [0.25, 0.3) is 0 Å². The van der Waals surface area contributed by atoms with Crippen molar-refractivity contribution in [2.24, 2.45) is 5.73 Å². The molecule has 0 bridgehead atoms. The molecule has 0 rings (SSSR count). The molecule has 0 unspecified atom stereocenters. The van der Waals surface area contributed by atoms with Crippen LogP contribution in [0.15, 0.2) is 0 Å². The normalized spacial score (nSPS) is 15.3. The van der Waals surface area contributed by atoms with Crippen LogP contribution in [-0.4, -0.2) is 29.2 Å². The molecule has 0 saturated heterocycles. The van der Waals surface area contributed by atoms with Gasteiger partial charge in [0.2, 0.25) is 0 Å². The highest BCUT2D eigenvalue weighted by Crippen LogP contribution is 1.92. The van der Waals surface area contributed by atoms with Gasteiger partial charge in [-0.15, -0.1) is 0 Å². The summed E-state index contributed by atoms with van der Waals surface area (Å²) in [5.74, 6) is -1.64. The molecule has 0 saturated carbocycles. The minimum atomic E-state index is -1.15. The van der Waals surface area contributed by atoms with E-state index < -0.39 is 24.1 Å². The van der Waals surface area contributed by atoms with Gasteiger partial charge in [0.05, 0.1) is 6.10 Å².